The zero-order valence-electron chi connectivity index (χ0n) is 14.5. The van der Waals surface area contributed by atoms with Crippen LogP contribution in [0.4, 0.5) is 26.3 Å². The summed E-state index contributed by atoms with van der Waals surface area (Å²) >= 11 is 3.35. The lowest BCUT2D eigenvalue weighted by atomic mass is 9.86. The van der Waals surface area contributed by atoms with Crippen LogP contribution < -0.4 is 0 Å². The number of benzene rings is 1. The van der Waals surface area contributed by atoms with Crippen LogP contribution >= 0.6 is 15.9 Å². The van der Waals surface area contributed by atoms with Crippen molar-refractivity contribution in [2.45, 2.75) is 42.9 Å². The lowest BCUT2D eigenvalue weighted by molar-refractivity contribution is -0.324. The second kappa shape index (κ2) is 8.38. The van der Waals surface area contributed by atoms with Gasteiger partial charge in [-0.3, -0.25) is 4.79 Å². The number of aliphatic hydroxyl groups is 1. The molecule has 27 heavy (non-hydrogen) atoms. The maximum atomic E-state index is 13.5. The van der Waals surface area contributed by atoms with Crippen molar-refractivity contribution in [1.29, 1.82) is 0 Å². The minimum absolute atomic E-state index is 0.0740. The number of carbonyl (C=O) groups is 1. The Bertz CT molecular complexity index is 637. The number of aliphatic hydroxyl groups excluding tert-OH is 1. The molecule has 0 aromatic heterocycles. The van der Waals surface area contributed by atoms with Gasteiger partial charge in [0.05, 0.1) is 5.41 Å². The fourth-order valence-corrected chi connectivity index (χ4v) is 3.23. The molecule has 0 saturated carbocycles. The van der Waals surface area contributed by atoms with Crippen molar-refractivity contribution < 1.29 is 41.0 Å². The Morgan fingerprint density at radius 2 is 1.59 bits per heavy atom. The van der Waals surface area contributed by atoms with Gasteiger partial charge in [0.25, 0.3) is 0 Å². The van der Waals surface area contributed by atoms with E-state index < -0.39 is 42.4 Å². The summed E-state index contributed by atoms with van der Waals surface area (Å²) in [6, 6.07) is 8.78. The summed E-state index contributed by atoms with van der Waals surface area (Å²) < 4.78 is 83.7. The SMILES string of the molecule is CC(C)(CC(Br)c1ccccc1)C(=O)OCC(F)(F)C(F)(F)C(F)(F)CO. The first kappa shape index (κ1) is 23.7. The molecule has 0 aliphatic rings. The first-order valence-corrected chi connectivity index (χ1v) is 8.70. The Morgan fingerprint density at radius 3 is 2.07 bits per heavy atom. The van der Waals surface area contributed by atoms with Crippen molar-refractivity contribution >= 4 is 21.9 Å². The van der Waals surface area contributed by atoms with Gasteiger partial charge in [-0.25, -0.2) is 0 Å². The fraction of sp³-hybridized carbons (Fsp3) is 0.588. The van der Waals surface area contributed by atoms with Gasteiger partial charge in [-0.1, -0.05) is 46.3 Å². The first-order chi connectivity index (χ1) is 12.2. The number of alkyl halides is 7. The van der Waals surface area contributed by atoms with Crippen LogP contribution in [0, 0.1) is 5.41 Å². The van der Waals surface area contributed by atoms with E-state index in [9.17, 15) is 31.1 Å². The number of hydrogen-bond donors (Lipinski definition) is 1. The molecule has 0 fully saturated rings. The van der Waals surface area contributed by atoms with Crippen LogP contribution in [0.5, 0.6) is 0 Å². The Morgan fingerprint density at radius 1 is 1.07 bits per heavy atom. The molecular formula is C17H19BrF6O3. The third-order valence-corrected chi connectivity index (χ3v) is 4.76. The topological polar surface area (TPSA) is 46.5 Å². The summed E-state index contributed by atoms with van der Waals surface area (Å²) in [5, 5.41) is 8.23. The summed E-state index contributed by atoms with van der Waals surface area (Å²) in [5.41, 5.74) is -0.577. The highest BCUT2D eigenvalue weighted by atomic mass is 79.9. The lowest BCUT2D eigenvalue weighted by Crippen LogP contribution is -2.58. The molecule has 10 heteroatoms. The van der Waals surface area contributed by atoms with Crippen LogP contribution in [0.3, 0.4) is 0 Å². The van der Waals surface area contributed by atoms with Crippen molar-refractivity contribution in [3.8, 4) is 0 Å². The number of halogens is 7. The van der Waals surface area contributed by atoms with E-state index >= 15 is 0 Å². The molecule has 0 aliphatic heterocycles. The Hall–Kier alpha value is -1.29. The van der Waals surface area contributed by atoms with Crippen LogP contribution in [0.1, 0.15) is 30.7 Å². The Balaban J connectivity index is 2.79. The second-order valence-electron chi connectivity index (χ2n) is 6.68. The molecule has 1 N–H and O–H groups in total. The van der Waals surface area contributed by atoms with Gasteiger partial charge >= 0.3 is 23.7 Å². The first-order valence-electron chi connectivity index (χ1n) is 7.78. The molecular weight excluding hydrogens is 446 g/mol. The zero-order valence-corrected chi connectivity index (χ0v) is 16.1. The standard InChI is InChI=1S/C17H19BrF6O3/c1-14(2,8-12(18)11-6-4-3-5-7-11)13(26)27-10-16(21,22)17(23,24)15(19,20)9-25/h3-7,12,25H,8-10H2,1-2H3. The summed E-state index contributed by atoms with van der Waals surface area (Å²) in [7, 11) is 0. The molecule has 0 amide bonds. The van der Waals surface area contributed by atoms with Crippen molar-refractivity contribution in [2.75, 3.05) is 13.2 Å². The van der Waals surface area contributed by atoms with Crippen molar-refractivity contribution in [3.63, 3.8) is 0 Å². The van der Waals surface area contributed by atoms with Crippen molar-refractivity contribution in [2.24, 2.45) is 5.41 Å². The minimum atomic E-state index is -5.89. The molecule has 1 aromatic carbocycles. The Labute approximate surface area is 160 Å². The monoisotopic (exact) mass is 464 g/mol. The largest absolute Gasteiger partial charge is 0.459 e. The minimum Gasteiger partial charge on any atom is -0.459 e. The maximum absolute atomic E-state index is 13.5. The van der Waals surface area contributed by atoms with E-state index in [2.05, 4.69) is 20.7 Å². The third kappa shape index (κ3) is 5.37. The molecule has 1 atom stereocenters. The molecule has 1 unspecified atom stereocenters. The number of carbonyl (C=O) groups excluding carboxylic acids is 1. The average Bonchev–Trinajstić information content (AvgIpc) is 2.59. The van der Waals surface area contributed by atoms with Crippen LogP contribution in [0.25, 0.3) is 0 Å². The number of ether oxygens (including phenoxy) is 1. The van der Waals surface area contributed by atoms with Crippen LogP contribution in [0.15, 0.2) is 30.3 Å². The predicted molar refractivity (Wildman–Crippen MR) is 89.4 cm³/mol. The lowest BCUT2D eigenvalue weighted by Gasteiger charge is -2.32. The summed E-state index contributed by atoms with van der Waals surface area (Å²) in [6.45, 7) is -2.01. The van der Waals surface area contributed by atoms with Gasteiger partial charge in [0.1, 0.15) is 6.61 Å². The quantitative estimate of drug-likeness (QED) is 0.318. The van der Waals surface area contributed by atoms with Crippen LogP contribution in [-0.4, -0.2) is 42.1 Å². The number of esters is 1. The molecule has 1 aromatic rings. The van der Waals surface area contributed by atoms with Crippen molar-refractivity contribution in [3.05, 3.63) is 35.9 Å². The van der Waals surface area contributed by atoms with Gasteiger partial charge in [0.15, 0.2) is 6.61 Å². The van der Waals surface area contributed by atoms with E-state index in [0.29, 0.717) is 0 Å². The fourth-order valence-electron chi connectivity index (χ4n) is 2.12. The molecule has 0 bridgehead atoms. The predicted octanol–water partition coefficient (Wildman–Crippen LogP) is 4.98. The summed E-state index contributed by atoms with van der Waals surface area (Å²) in [4.78, 5) is 11.7. The summed E-state index contributed by atoms with van der Waals surface area (Å²) in [5.74, 6) is -17.9. The van der Waals surface area contributed by atoms with Gasteiger partial charge in [-0.15, -0.1) is 0 Å². The maximum Gasteiger partial charge on any atom is 0.377 e. The normalized spacial score (nSPS) is 14.7. The van der Waals surface area contributed by atoms with Gasteiger partial charge in [0, 0.05) is 4.83 Å². The average molecular weight is 465 g/mol. The zero-order chi connectivity index (χ0) is 21.1. The molecule has 1 rings (SSSR count). The van der Waals surface area contributed by atoms with Gasteiger partial charge < -0.3 is 9.84 Å². The molecule has 0 aliphatic carbocycles. The third-order valence-electron chi connectivity index (χ3n) is 3.91. The van der Waals surface area contributed by atoms with E-state index in [4.69, 9.17) is 5.11 Å². The molecule has 0 spiro atoms. The van der Waals surface area contributed by atoms with Crippen LogP contribution in [-0.2, 0) is 9.53 Å². The van der Waals surface area contributed by atoms with E-state index in [1.807, 2.05) is 0 Å². The molecule has 0 radical (unpaired) electrons. The summed E-state index contributed by atoms with van der Waals surface area (Å²) in [6.07, 6.45) is 0.0740. The second-order valence-corrected chi connectivity index (χ2v) is 7.79. The van der Waals surface area contributed by atoms with E-state index in [1.165, 1.54) is 13.8 Å². The molecule has 154 valence electrons. The smallest absolute Gasteiger partial charge is 0.377 e. The molecule has 0 saturated heterocycles. The number of rotatable bonds is 9. The highest BCUT2D eigenvalue weighted by Crippen LogP contribution is 2.46. The van der Waals surface area contributed by atoms with Gasteiger partial charge in [0.2, 0.25) is 0 Å². The molecule has 0 heterocycles. The van der Waals surface area contributed by atoms with Gasteiger partial charge in [-0.05, 0) is 25.8 Å². The van der Waals surface area contributed by atoms with Crippen molar-refractivity contribution in [1.82, 2.24) is 0 Å². The highest BCUT2D eigenvalue weighted by molar-refractivity contribution is 9.09. The van der Waals surface area contributed by atoms with E-state index in [1.54, 1.807) is 30.3 Å². The number of hydrogen-bond acceptors (Lipinski definition) is 3. The molecule has 3 nitrogen and oxygen atoms in total. The van der Waals surface area contributed by atoms with E-state index in [-0.39, 0.29) is 11.2 Å². The highest BCUT2D eigenvalue weighted by Gasteiger charge is 2.71. The van der Waals surface area contributed by atoms with Crippen LogP contribution in [0.2, 0.25) is 0 Å². The van der Waals surface area contributed by atoms with E-state index in [0.717, 1.165) is 5.56 Å². The van der Waals surface area contributed by atoms with Gasteiger partial charge in [-0.2, -0.15) is 26.3 Å². The Kier molecular flexibility index (Phi) is 7.37.